The van der Waals surface area contributed by atoms with Crippen LogP contribution in [-0.4, -0.2) is 102 Å². The average molecular weight is 840 g/mol. The molecule has 58 heavy (non-hydrogen) atoms. The van der Waals surface area contributed by atoms with Gasteiger partial charge in [0, 0.05) is 48.4 Å². The first kappa shape index (κ1) is 47.7. The third-order valence-electron chi connectivity index (χ3n) is 8.50. The van der Waals surface area contributed by atoms with Crippen molar-refractivity contribution in [3.63, 3.8) is 0 Å². The third kappa shape index (κ3) is 17.0. The van der Waals surface area contributed by atoms with E-state index in [1.54, 1.807) is 18.3 Å². The second-order valence-corrected chi connectivity index (χ2v) is 15.2. The molecule has 0 spiro atoms. The Kier molecular flexibility index (Phi) is 21.0. The standard InChI is InChI=1S/C41H57N9O6S.ClH/c1-27(2)22-34(49-39(54)36(51)33(42)23-29-8-6-5-7-9-29)38(53)44-17-19-56-21-20-55-18-16-43-37(52)30-10-12-31(13-11-30)40-48-32(26-57-40)25-47-41-45-15-14-35(50-41)46-24-28(3)4;/h5-15,26-28,33-34,36,51H,16-25,42H2,1-4H3,(H,43,52)(H,44,53)(H,49,54)(H2,45,46,47,50);1H/t33-,34+,36+;/m1./s1. The first-order valence-corrected chi connectivity index (χ1v) is 20.2. The lowest BCUT2D eigenvalue weighted by atomic mass is 10.00. The van der Waals surface area contributed by atoms with Gasteiger partial charge in [-0.25, -0.2) is 9.97 Å². The van der Waals surface area contributed by atoms with E-state index in [0.29, 0.717) is 63.2 Å². The number of amides is 3. The molecular weight excluding hydrogens is 782 g/mol. The second kappa shape index (κ2) is 25.6. The molecule has 0 aliphatic heterocycles. The van der Waals surface area contributed by atoms with E-state index in [1.807, 2.05) is 67.8 Å². The van der Waals surface area contributed by atoms with Crippen molar-refractivity contribution in [2.75, 3.05) is 56.7 Å². The van der Waals surface area contributed by atoms with E-state index in [2.05, 4.69) is 50.4 Å². The lowest BCUT2D eigenvalue weighted by Crippen LogP contribution is -2.54. The molecule has 3 amide bonds. The van der Waals surface area contributed by atoms with Crippen LogP contribution in [0, 0.1) is 11.8 Å². The number of nitrogens with two attached hydrogens (primary N) is 1. The highest BCUT2D eigenvalue weighted by Crippen LogP contribution is 2.24. The van der Waals surface area contributed by atoms with Crippen LogP contribution in [0.25, 0.3) is 10.6 Å². The van der Waals surface area contributed by atoms with Crippen LogP contribution in [0.1, 0.15) is 55.7 Å². The molecule has 0 aliphatic carbocycles. The van der Waals surface area contributed by atoms with Gasteiger partial charge in [-0.15, -0.1) is 23.7 Å². The second-order valence-electron chi connectivity index (χ2n) is 14.4. The summed E-state index contributed by atoms with van der Waals surface area (Å²) in [4.78, 5) is 51.8. The first-order valence-electron chi connectivity index (χ1n) is 19.3. The molecule has 0 fully saturated rings. The lowest BCUT2D eigenvalue weighted by molar-refractivity contribution is -0.135. The van der Waals surface area contributed by atoms with Crippen LogP contribution in [0.5, 0.6) is 0 Å². The number of hydrogen-bond acceptors (Lipinski definition) is 13. The highest BCUT2D eigenvalue weighted by atomic mass is 35.5. The van der Waals surface area contributed by atoms with Gasteiger partial charge in [0.2, 0.25) is 11.9 Å². The lowest BCUT2D eigenvalue weighted by Gasteiger charge is -2.24. The van der Waals surface area contributed by atoms with E-state index in [0.717, 1.165) is 34.2 Å². The summed E-state index contributed by atoms with van der Waals surface area (Å²) >= 11 is 1.53. The molecule has 0 unspecified atom stereocenters. The Hall–Kier alpha value is -4.71. The summed E-state index contributed by atoms with van der Waals surface area (Å²) in [6.07, 6.45) is 0.973. The number of ether oxygens (including phenoxy) is 2. The van der Waals surface area contributed by atoms with Crippen LogP contribution in [0.15, 0.2) is 72.2 Å². The van der Waals surface area contributed by atoms with Crippen LogP contribution in [0.2, 0.25) is 0 Å². The fourth-order valence-electron chi connectivity index (χ4n) is 5.49. The van der Waals surface area contributed by atoms with Crippen LogP contribution < -0.4 is 32.3 Å². The van der Waals surface area contributed by atoms with Gasteiger partial charge in [-0.3, -0.25) is 14.4 Å². The smallest absolute Gasteiger partial charge is 0.251 e. The number of rotatable bonds is 25. The van der Waals surface area contributed by atoms with E-state index < -0.39 is 24.1 Å². The summed E-state index contributed by atoms with van der Waals surface area (Å²) in [5.74, 6) is 0.678. The maximum Gasteiger partial charge on any atom is 0.251 e. The largest absolute Gasteiger partial charge is 0.382 e. The Labute approximate surface area is 351 Å². The summed E-state index contributed by atoms with van der Waals surface area (Å²) in [7, 11) is 0. The maximum atomic E-state index is 12.9. The summed E-state index contributed by atoms with van der Waals surface area (Å²) in [6, 6.07) is 16.9. The number of hydrogen-bond donors (Lipinski definition) is 7. The van der Waals surface area contributed by atoms with Crippen LogP contribution in [0.4, 0.5) is 11.8 Å². The van der Waals surface area contributed by atoms with Crippen molar-refractivity contribution in [3.05, 3.63) is 89.1 Å². The van der Waals surface area contributed by atoms with Crippen molar-refractivity contribution in [1.29, 1.82) is 0 Å². The van der Waals surface area contributed by atoms with Crippen molar-refractivity contribution in [2.45, 2.75) is 65.3 Å². The monoisotopic (exact) mass is 839 g/mol. The number of nitrogens with zero attached hydrogens (tertiary/aromatic N) is 3. The van der Waals surface area contributed by atoms with E-state index >= 15 is 0 Å². The maximum absolute atomic E-state index is 12.9. The topological polar surface area (TPSA) is 215 Å². The molecule has 316 valence electrons. The van der Waals surface area contributed by atoms with E-state index in [1.165, 1.54) is 11.3 Å². The molecular formula is C41H58ClN9O6S. The van der Waals surface area contributed by atoms with Gasteiger partial charge in [0.05, 0.1) is 38.7 Å². The minimum atomic E-state index is -1.46. The minimum absolute atomic E-state index is 0. The Morgan fingerprint density at radius 2 is 1.52 bits per heavy atom. The molecule has 3 atom stereocenters. The molecule has 0 radical (unpaired) electrons. The number of anilines is 2. The molecule has 0 saturated heterocycles. The Morgan fingerprint density at radius 3 is 2.19 bits per heavy atom. The van der Waals surface area contributed by atoms with E-state index in [-0.39, 0.29) is 43.3 Å². The van der Waals surface area contributed by atoms with Gasteiger partial charge in [-0.05, 0) is 48.4 Å². The Balaban J connectivity index is 0.00000900. The molecule has 2 aromatic carbocycles. The molecule has 4 rings (SSSR count). The number of carbonyl (C=O) groups excluding carboxylic acids is 3. The zero-order chi connectivity index (χ0) is 41.0. The molecule has 0 aliphatic rings. The average Bonchev–Trinajstić information content (AvgIpc) is 3.69. The van der Waals surface area contributed by atoms with Crippen molar-refractivity contribution >= 4 is 53.2 Å². The Bertz CT molecular complexity index is 1820. The van der Waals surface area contributed by atoms with Gasteiger partial charge in [-0.2, -0.15) is 4.98 Å². The fourth-order valence-corrected chi connectivity index (χ4v) is 6.31. The van der Waals surface area contributed by atoms with Gasteiger partial charge >= 0.3 is 0 Å². The molecule has 4 aromatic rings. The molecule has 0 saturated carbocycles. The van der Waals surface area contributed by atoms with Crippen LogP contribution in [0.3, 0.4) is 0 Å². The normalized spacial score (nSPS) is 12.6. The zero-order valence-electron chi connectivity index (χ0n) is 33.6. The number of carbonyl (C=O) groups is 3. The number of aromatic nitrogens is 3. The van der Waals surface area contributed by atoms with Crippen molar-refractivity contribution in [1.82, 2.24) is 30.9 Å². The number of nitrogens with one attached hydrogen (secondary N) is 5. The fraction of sp³-hybridized carbons (Fsp3) is 0.463. The molecule has 8 N–H and O–H groups in total. The summed E-state index contributed by atoms with van der Waals surface area (Å²) in [5.41, 5.74) is 9.31. The van der Waals surface area contributed by atoms with Crippen LogP contribution >= 0.6 is 23.7 Å². The van der Waals surface area contributed by atoms with Crippen molar-refractivity contribution in [3.8, 4) is 10.6 Å². The molecule has 2 aromatic heterocycles. The van der Waals surface area contributed by atoms with Gasteiger partial charge in [0.15, 0.2) is 0 Å². The zero-order valence-corrected chi connectivity index (χ0v) is 35.2. The highest BCUT2D eigenvalue weighted by molar-refractivity contribution is 7.13. The van der Waals surface area contributed by atoms with Gasteiger partial charge in [0.25, 0.3) is 11.8 Å². The van der Waals surface area contributed by atoms with Crippen molar-refractivity contribution in [2.24, 2.45) is 17.6 Å². The summed E-state index contributed by atoms with van der Waals surface area (Å²) in [6.45, 7) is 11.2. The van der Waals surface area contributed by atoms with E-state index in [4.69, 9.17) is 20.2 Å². The predicted molar refractivity (Wildman–Crippen MR) is 230 cm³/mol. The van der Waals surface area contributed by atoms with Crippen LogP contribution in [-0.2, 0) is 32.0 Å². The Morgan fingerprint density at radius 1 is 0.828 bits per heavy atom. The third-order valence-corrected chi connectivity index (χ3v) is 9.44. The number of halogens is 1. The van der Waals surface area contributed by atoms with Gasteiger partial charge in [0.1, 0.15) is 23.0 Å². The number of aliphatic hydroxyl groups is 1. The SMILES string of the molecule is CC(C)CNc1ccnc(NCc2csc(-c3ccc(C(=O)NCCOCCOCCNC(=O)[C@H](CC(C)C)NC(=O)[C@@H](O)[C@H](N)Cc4ccccc4)cc3)n2)n1.Cl. The number of benzene rings is 2. The summed E-state index contributed by atoms with van der Waals surface area (Å²) in [5, 5.41) is 28.2. The molecule has 17 heteroatoms. The van der Waals surface area contributed by atoms with Gasteiger partial charge < -0.3 is 46.9 Å². The first-order chi connectivity index (χ1) is 27.5. The minimum Gasteiger partial charge on any atom is -0.382 e. The quantitative estimate of drug-likeness (QED) is 0.0471. The molecule has 0 bridgehead atoms. The number of thiazole rings is 1. The highest BCUT2D eigenvalue weighted by Gasteiger charge is 2.28. The summed E-state index contributed by atoms with van der Waals surface area (Å²) < 4.78 is 11.1. The van der Waals surface area contributed by atoms with E-state index in [9.17, 15) is 19.5 Å². The molecule has 15 nitrogen and oxygen atoms in total. The predicted octanol–water partition coefficient (Wildman–Crippen LogP) is 4.04. The molecule has 2 heterocycles. The number of aliphatic hydroxyl groups excluding tert-OH is 1. The van der Waals surface area contributed by atoms with Crippen molar-refractivity contribution < 1.29 is 29.0 Å². The van der Waals surface area contributed by atoms with Gasteiger partial charge in [-0.1, -0.05) is 70.2 Å².